The van der Waals surface area contributed by atoms with E-state index >= 15 is 0 Å². The smallest absolute Gasteiger partial charge is 0.166 e. The monoisotopic (exact) mass is 445 g/mol. The zero-order chi connectivity index (χ0) is 23.1. The van der Waals surface area contributed by atoms with Crippen molar-refractivity contribution >= 4 is 17.4 Å². The van der Waals surface area contributed by atoms with E-state index in [0.29, 0.717) is 23.9 Å². The molecule has 1 aliphatic rings. The number of halogens is 1. The van der Waals surface area contributed by atoms with Gasteiger partial charge in [-0.2, -0.15) is 10.2 Å². The van der Waals surface area contributed by atoms with Crippen LogP contribution in [0.5, 0.6) is 0 Å². The summed E-state index contributed by atoms with van der Waals surface area (Å²) in [6, 6.07) is 8.20. The Morgan fingerprint density at radius 1 is 1.12 bits per heavy atom. The number of Topliss-reactive ketones (excluding diaryl/α,β-unsaturated/α-hetero) is 1. The maximum atomic E-state index is 13.4. The van der Waals surface area contributed by atoms with E-state index in [2.05, 4.69) is 32.4 Å². The summed E-state index contributed by atoms with van der Waals surface area (Å²) in [6.07, 6.45) is 4.37. The summed E-state index contributed by atoms with van der Waals surface area (Å²) in [5, 5.41) is 12.5. The molecule has 0 aliphatic heterocycles. The second-order valence-corrected chi connectivity index (χ2v) is 8.14. The summed E-state index contributed by atoms with van der Waals surface area (Å²) in [6.45, 7) is 3.91. The van der Waals surface area contributed by atoms with Crippen LogP contribution in [0.4, 0.5) is 16.0 Å². The van der Waals surface area contributed by atoms with E-state index < -0.39 is 0 Å². The van der Waals surface area contributed by atoms with Gasteiger partial charge in [-0.05, 0) is 50.5 Å². The minimum atomic E-state index is -0.274. The molecule has 9 heteroatoms. The van der Waals surface area contributed by atoms with E-state index in [9.17, 15) is 9.18 Å². The topological polar surface area (TPSA) is 90.5 Å². The number of ketones is 1. The lowest BCUT2D eigenvalue weighted by atomic mass is 9.95. The van der Waals surface area contributed by atoms with E-state index in [0.717, 1.165) is 53.0 Å². The Kier molecular flexibility index (Phi) is 5.24. The lowest BCUT2D eigenvalue weighted by Crippen LogP contribution is -2.14. The van der Waals surface area contributed by atoms with E-state index in [1.807, 2.05) is 14.0 Å². The number of fused-ring (bicyclic) bond motifs is 1. The molecule has 3 heterocycles. The van der Waals surface area contributed by atoms with Crippen molar-refractivity contribution in [2.24, 2.45) is 7.05 Å². The standard InChI is InChI=1S/C24H24FN7O/c1-4-17-23(15-8-10-16(25)11-9-15)31(3)30-24(17)28-20-12-21(27-13-26-20)32-18-6-5-7-19(33)22(18)14(2)29-32/h8-13H,4-7H2,1-3H3,(H,26,27,28,30). The quantitative estimate of drug-likeness (QED) is 0.492. The second-order valence-electron chi connectivity index (χ2n) is 8.14. The van der Waals surface area contributed by atoms with Crippen molar-refractivity contribution in [1.29, 1.82) is 0 Å². The Bertz CT molecular complexity index is 1350. The Balaban J connectivity index is 1.51. The van der Waals surface area contributed by atoms with Crippen LogP contribution in [-0.2, 0) is 19.9 Å². The van der Waals surface area contributed by atoms with Gasteiger partial charge < -0.3 is 5.32 Å². The first kappa shape index (κ1) is 21.0. The van der Waals surface area contributed by atoms with Gasteiger partial charge in [-0.15, -0.1) is 0 Å². The van der Waals surface area contributed by atoms with Crippen LogP contribution >= 0.6 is 0 Å². The first-order chi connectivity index (χ1) is 16.0. The third kappa shape index (κ3) is 3.69. The molecule has 0 saturated carbocycles. The second kappa shape index (κ2) is 8.23. The maximum absolute atomic E-state index is 13.4. The van der Waals surface area contributed by atoms with Crippen LogP contribution in [0.1, 0.15) is 47.1 Å². The molecule has 0 bridgehead atoms. The lowest BCUT2D eigenvalue weighted by Gasteiger charge is -2.13. The van der Waals surface area contributed by atoms with Gasteiger partial charge in [0.25, 0.3) is 0 Å². The Morgan fingerprint density at radius 3 is 2.67 bits per heavy atom. The van der Waals surface area contributed by atoms with Gasteiger partial charge in [-0.1, -0.05) is 6.92 Å². The molecular weight excluding hydrogens is 421 g/mol. The van der Waals surface area contributed by atoms with Gasteiger partial charge in [0, 0.05) is 30.7 Å². The molecule has 0 spiro atoms. The molecule has 1 aliphatic carbocycles. The number of nitrogens with zero attached hydrogens (tertiary/aromatic N) is 6. The molecule has 0 amide bonds. The van der Waals surface area contributed by atoms with Crippen LogP contribution in [-0.4, -0.2) is 35.3 Å². The highest BCUT2D eigenvalue weighted by Crippen LogP contribution is 2.31. The average Bonchev–Trinajstić information content (AvgIpc) is 3.31. The first-order valence-corrected chi connectivity index (χ1v) is 11.0. The highest BCUT2D eigenvalue weighted by Gasteiger charge is 2.26. The van der Waals surface area contributed by atoms with Gasteiger partial charge in [0.05, 0.1) is 22.6 Å². The number of aryl methyl sites for hydroxylation is 2. The van der Waals surface area contributed by atoms with Crippen molar-refractivity contribution in [2.75, 3.05) is 5.32 Å². The average molecular weight is 446 g/mol. The van der Waals surface area contributed by atoms with Gasteiger partial charge >= 0.3 is 0 Å². The molecule has 1 aromatic carbocycles. The van der Waals surface area contributed by atoms with Crippen LogP contribution in [0.2, 0.25) is 0 Å². The van der Waals surface area contributed by atoms with Crippen molar-refractivity contribution in [1.82, 2.24) is 29.5 Å². The Morgan fingerprint density at radius 2 is 1.91 bits per heavy atom. The number of nitrogens with one attached hydrogen (secondary N) is 1. The van der Waals surface area contributed by atoms with Crippen LogP contribution in [0.25, 0.3) is 17.1 Å². The SMILES string of the molecule is CCc1c(Nc2cc(-n3nc(C)c4c3CCCC4=O)ncn2)nn(C)c1-c1ccc(F)cc1. The van der Waals surface area contributed by atoms with Gasteiger partial charge in [0.15, 0.2) is 17.4 Å². The third-order valence-electron chi connectivity index (χ3n) is 5.98. The summed E-state index contributed by atoms with van der Waals surface area (Å²) >= 11 is 0. The Labute approximate surface area is 190 Å². The molecule has 33 heavy (non-hydrogen) atoms. The zero-order valence-corrected chi connectivity index (χ0v) is 18.8. The van der Waals surface area contributed by atoms with Gasteiger partial charge in [-0.25, -0.2) is 19.0 Å². The fourth-order valence-corrected chi connectivity index (χ4v) is 4.52. The van der Waals surface area contributed by atoms with Crippen molar-refractivity contribution in [3.05, 3.63) is 65.0 Å². The minimum Gasteiger partial charge on any atom is -0.323 e. The molecule has 8 nitrogen and oxygen atoms in total. The van der Waals surface area contributed by atoms with Crippen molar-refractivity contribution < 1.29 is 9.18 Å². The Hall–Kier alpha value is -3.88. The van der Waals surface area contributed by atoms with Crippen LogP contribution in [0, 0.1) is 12.7 Å². The number of carbonyl (C=O) groups excluding carboxylic acids is 1. The summed E-state index contributed by atoms with van der Waals surface area (Å²) < 4.78 is 16.9. The molecular formula is C24H24FN7O. The molecule has 0 atom stereocenters. The van der Waals surface area contributed by atoms with Crippen molar-refractivity contribution in [3.8, 4) is 17.1 Å². The number of hydrogen-bond acceptors (Lipinski definition) is 6. The number of benzene rings is 1. The van der Waals surface area contributed by atoms with E-state index in [-0.39, 0.29) is 11.6 Å². The predicted molar refractivity (Wildman–Crippen MR) is 122 cm³/mol. The molecule has 168 valence electrons. The number of hydrogen-bond donors (Lipinski definition) is 1. The highest BCUT2D eigenvalue weighted by molar-refractivity contribution is 5.99. The maximum Gasteiger partial charge on any atom is 0.166 e. The summed E-state index contributed by atoms with van der Waals surface area (Å²) in [5.74, 6) is 1.71. The molecule has 0 saturated heterocycles. The largest absolute Gasteiger partial charge is 0.323 e. The van der Waals surface area contributed by atoms with Gasteiger partial charge in [0.2, 0.25) is 0 Å². The summed E-state index contributed by atoms with van der Waals surface area (Å²) in [7, 11) is 1.87. The molecule has 0 radical (unpaired) electrons. The van der Waals surface area contributed by atoms with Crippen LogP contribution < -0.4 is 5.32 Å². The summed E-state index contributed by atoms with van der Waals surface area (Å²) in [4.78, 5) is 21.1. The normalized spacial score (nSPS) is 13.3. The minimum absolute atomic E-state index is 0.141. The van der Waals surface area contributed by atoms with Crippen molar-refractivity contribution in [3.63, 3.8) is 0 Å². The van der Waals surface area contributed by atoms with E-state index in [1.165, 1.54) is 18.5 Å². The fraction of sp³-hybridized carbons (Fsp3) is 0.292. The fourth-order valence-electron chi connectivity index (χ4n) is 4.52. The molecule has 5 rings (SSSR count). The highest BCUT2D eigenvalue weighted by atomic mass is 19.1. The lowest BCUT2D eigenvalue weighted by molar-refractivity contribution is 0.0971. The third-order valence-corrected chi connectivity index (χ3v) is 5.98. The van der Waals surface area contributed by atoms with Gasteiger partial charge in [0.1, 0.15) is 18.0 Å². The molecule has 3 aromatic heterocycles. The van der Waals surface area contributed by atoms with Crippen molar-refractivity contribution in [2.45, 2.75) is 39.5 Å². The van der Waals surface area contributed by atoms with E-state index in [1.54, 1.807) is 27.6 Å². The van der Waals surface area contributed by atoms with E-state index in [4.69, 9.17) is 0 Å². The molecule has 0 unspecified atom stereocenters. The molecule has 1 N–H and O–H groups in total. The number of anilines is 2. The van der Waals surface area contributed by atoms with Crippen LogP contribution in [0.15, 0.2) is 36.7 Å². The van der Waals surface area contributed by atoms with Crippen LogP contribution in [0.3, 0.4) is 0 Å². The molecule has 0 fully saturated rings. The van der Waals surface area contributed by atoms with Gasteiger partial charge in [-0.3, -0.25) is 9.48 Å². The number of carbonyl (C=O) groups is 1. The zero-order valence-electron chi connectivity index (χ0n) is 18.8. The number of aromatic nitrogens is 6. The number of rotatable bonds is 5. The summed E-state index contributed by atoms with van der Waals surface area (Å²) in [5.41, 5.74) is 5.16. The molecule has 4 aromatic rings. The first-order valence-electron chi connectivity index (χ1n) is 11.0. The predicted octanol–water partition coefficient (Wildman–Crippen LogP) is 4.34.